The second-order valence-corrected chi connectivity index (χ2v) is 9.65. The molecule has 202 valence electrons. The highest BCUT2D eigenvalue weighted by molar-refractivity contribution is 5.85. The standard InChI is InChI=1S/C14H14F4N2.C12H15F3N2/c1-8-4-11-10-3-2-9(15)5-12(10)19-13(11)6-20(8)7-14(16,17)18;13-2-1-3-17-7-12(8-17)16-11-5-9(14)4-10(15)6-11/h2-3,5,8,19H,4,6-7H2,1H3;4-6,12,16H,1-3,7-8H2. The van der Waals surface area contributed by atoms with Crippen LogP contribution >= 0.6 is 0 Å². The fourth-order valence-corrected chi connectivity index (χ4v) is 4.88. The summed E-state index contributed by atoms with van der Waals surface area (Å²) in [4.78, 5) is 6.55. The van der Waals surface area contributed by atoms with E-state index < -0.39 is 24.4 Å². The van der Waals surface area contributed by atoms with Crippen LogP contribution in [0.4, 0.5) is 36.4 Å². The van der Waals surface area contributed by atoms with Gasteiger partial charge >= 0.3 is 6.18 Å². The topological polar surface area (TPSA) is 34.3 Å². The molecule has 1 aromatic heterocycles. The zero-order chi connectivity index (χ0) is 26.7. The van der Waals surface area contributed by atoms with Gasteiger partial charge < -0.3 is 10.3 Å². The molecule has 1 saturated heterocycles. The zero-order valence-corrected chi connectivity index (χ0v) is 20.3. The van der Waals surface area contributed by atoms with Crippen molar-refractivity contribution in [2.24, 2.45) is 0 Å². The summed E-state index contributed by atoms with van der Waals surface area (Å²) in [7, 11) is 0. The normalized spacial score (nSPS) is 18.8. The molecule has 0 bridgehead atoms. The van der Waals surface area contributed by atoms with Crippen LogP contribution in [-0.4, -0.2) is 65.9 Å². The van der Waals surface area contributed by atoms with Gasteiger partial charge in [0.2, 0.25) is 0 Å². The molecule has 4 nitrogen and oxygen atoms in total. The summed E-state index contributed by atoms with van der Waals surface area (Å²) in [5.41, 5.74) is 2.87. The summed E-state index contributed by atoms with van der Waals surface area (Å²) >= 11 is 0. The second kappa shape index (κ2) is 11.3. The molecular formula is C26H29F7N4. The number of aromatic amines is 1. The molecule has 37 heavy (non-hydrogen) atoms. The molecule has 1 unspecified atom stereocenters. The number of rotatable bonds is 6. The molecule has 5 rings (SSSR count). The molecule has 1 atom stereocenters. The average molecular weight is 531 g/mol. The van der Waals surface area contributed by atoms with Crippen molar-refractivity contribution >= 4 is 16.6 Å². The Morgan fingerprint density at radius 2 is 1.70 bits per heavy atom. The lowest BCUT2D eigenvalue weighted by Crippen LogP contribution is -2.54. The number of halogens is 7. The van der Waals surface area contributed by atoms with Crippen LogP contribution in [0.25, 0.3) is 10.9 Å². The number of H-pyrrole nitrogens is 1. The minimum absolute atomic E-state index is 0.187. The minimum atomic E-state index is -4.20. The first kappa shape index (κ1) is 27.3. The van der Waals surface area contributed by atoms with E-state index in [2.05, 4.69) is 15.2 Å². The van der Waals surface area contributed by atoms with E-state index in [9.17, 15) is 30.7 Å². The number of benzene rings is 2. The van der Waals surface area contributed by atoms with Gasteiger partial charge in [0.25, 0.3) is 0 Å². The number of nitrogens with one attached hydrogen (secondary N) is 2. The van der Waals surface area contributed by atoms with Gasteiger partial charge in [-0.05, 0) is 55.7 Å². The van der Waals surface area contributed by atoms with Gasteiger partial charge in [-0.1, -0.05) is 0 Å². The summed E-state index contributed by atoms with van der Waals surface area (Å²) in [6, 6.07) is 7.84. The zero-order valence-electron chi connectivity index (χ0n) is 20.3. The van der Waals surface area contributed by atoms with Crippen molar-refractivity contribution in [3.05, 3.63) is 65.1 Å². The molecule has 2 N–H and O–H groups in total. The monoisotopic (exact) mass is 530 g/mol. The highest BCUT2D eigenvalue weighted by Gasteiger charge is 2.35. The first-order chi connectivity index (χ1) is 17.5. The maximum atomic E-state index is 13.2. The molecule has 0 amide bonds. The number of hydrogen-bond acceptors (Lipinski definition) is 3. The quantitative estimate of drug-likeness (QED) is 0.382. The van der Waals surface area contributed by atoms with E-state index in [1.165, 1.54) is 29.2 Å². The van der Waals surface area contributed by atoms with Gasteiger partial charge in [-0.2, -0.15) is 13.2 Å². The van der Waals surface area contributed by atoms with Crippen molar-refractivity contribution in [2.75, 3.05) is 38.2 Å². The fourth-order valence-electron chi connectivity index (χ4n) is 4.88. The van der Waals surface area contributed by atoms with E-state index in [1.54, 1.807) is 13.0 Å². The van der Waals surface area contributed by atoms with Gasteiger partial charge in [0, 0.05) is 60.6 Å². The molecule has 2 aliphatic heterocycles. The Kier molecular flexibility index (Phi) is 8.33. The van der Waals surface area contributed by atoms with Gasteiger partial charge in [-0.15, -0.1) is 0 Å². The number of anilines is 1. The Bertz CT molecular complexity index is 1180. The molecule has 0 aliphatic carbocycles. The van der Waals surface area contributed by atoms with Crippen molar-refractivity contribution < 1.29 is 30.7 Å². The van der Waals surface area contributed by atoms with Crippen LogP contribution < -0.4 is 5.32 Å². The van der Waals surface area contributed by atoms with Crippen LogP contribution in [-0.2, 0) is 13.0 Å². The molecule has 0 saturated carbocycles. The van der Waals surface area contributed by atoms with E-state index in [0.29, 0.717) is 24.0 Å². The third-order valence-corrected chi connectivity index (χ3v) is 6.62. The molecule has 11 heteroatoms. The third-order valence-electron chi connectivity index (χ3n) is 6.62. The van der Waals surface area contributed by atoms with E-state index >= 15 is 0 Å². The van der Waals surface area contributed by atoms with Crippen LogP contribution in [0, 0.1) is 17.5 Å². The summed E-state index contributed by atoms with van der Waals surface area (Å²) in [5, 5.41) is 3.95. The number of alkyl halides is 4. The lowest BCUT2D eigenvalue weighted by molar-refractivity contribution is -0.152. The fraction of sp³-hybridized carbons (Fsp3) is 0.462. The van der Waals surface area contributed by atoms with Crippen molar-refractivity contribution in [1.29, 1.82) is 0 Å². The predicted octanol–water partition coefficient (Wildman–Crippen LogP) is 6.04. The molecule has 0 radical (unpaired) electrons. The van der Waals surface area contributed by atoms with E-state index in [-0.39, 0.29) is 31.1 Å². The summed E-state index contributed by atoms with van der Waals surface area (Å²) in [6.45, 7) is 3.10. The van der Waals surface area contributed by atoms with E-state index in [0.717, 1.165) is 42.3 Å². The molecule has 2 aliphatic rings. The Balaban J connectivity index is 0.000000176. The predicted molar refractivity (Wildman–Crippen MR) is 129 cm³/mol. The number of aromatic nitrogens is 1. The highest BCUT2D eigenvalue weighted by atomic mass is 19.4. The van der Waals surface area contributed by atoms with E-state index in [4.69, 9.17) is 0 Å². The molecule has 3 aromatic rings. The Labute approximate surface area is 210 Å². The lowest BCUT2D eigenvalue weighted by atomic mass is 9.97. The van der Waals surface area contributed by atoms with Crippen LogP contribution in [0.3, 0.4) is 0 Å². The molecule has 1 fully saturated rings. The summed E-state index contributed by atoms with van der Waals surface area (Å²) < 4.78 is 88.6. The summed E-state index contributed by atoms with van der Waals surface area (Å²) in [6.07, 6.45) is -3.12. The van der Waals surface area contributed by atoms with Gasteiger partial charge in [-0.3, -0.25) is 14.2 Å². The molecular weight excluding hydrogens is 501 g/mol. The van der Waals surface area contributed by atoms with Crippen LogP contribution in [0.1, 0.15) is 24.6 Å². The first-order valence-corrected chi connectivity index (χ1v) is 12.1. The van der Waals surface area contributed by atoms with Crippen molar-refractivity contribution in [2.45, 2.75) is 44.6 Å². The molecule has 2 aromatic carbocycles. The smallest absolute Gasteiger partial charge is 0.380 e. The van der Waals surface area contributed by atoms with Gasteiger partial charge in [-0.25, -0.2) is 13.2 Å². The molecule has 0 spiro atoms. The van der Waals surface area contributed by atoms with Gasteiger partial charge in [0.05, 0.1) is 19.3 Å². The van der Waals surface area contributed by atoms with Crippen LogP contribution in [0.2, 0.25) is 0 Å². The van der Waals surface area contributed by atoms with Gasteiger partial charge in [0.1, 0.15) is 17.5 Å². The average Bonchev–Trinajstić information content (AvgIpc) is 3.10. The van der Waals surface area contributed by atoms with Gasteiger partial charge in [0.15, 0.2) is 0 Å². The number of fused-ring (bicyclic) bond motifs is 3. The maximum Gasteiger partial charge on any atom is 0.401 e. The Morgan fingerprint density at radius 3 is 2.35 bits per heavy atom. The summed E-state index contributed by atoms with van der Waals surface area (Å²) in [5.74, 6) is -1.52. The largest absolute Gasteiger partial charge is 0.401 e. The molecule has 3 heterocycles. The third kappa shape index (κ3) is 7.16. The second-order valence-electron chi connectivity index (χ2n) is 9.65. The Hall–Kier alpha value is -2.79. The van der Waals surface area contributed by atoms with Crippen molar-refractivity contribution in [3.63, 3.8) is 0 Å². The first-order valence-electron chi connectivity index (χ1n) is 12.1. The maximum absolute atomic E-state index is 13.2. The van der Waals surface area contributed by atoms with Crippen molar-refractivity contribution in [1.82, 2.24) is 14.8 Å². The Morgan fingerprint density at radius 1 is 1.00 bits per heavy atom. The van der Waals surface area contributed by atoms with E-state index in [1.807, 2.05) is 0 Å². The minimum Gasteiger partial charge on any atom is -0.380 e. The van der Waals surface area contributed by atoms with Crippen LogP contribution in [0.15, 0.2) is 36.4 Å². The SMILES string of the molecule is CC1Cc2c([nH]c3cc(F)ccc23)CN1CC(F)(F)F.FCCCN1CC(Nc2cc(F)cc(F)c2)C1. The van der Waals surface area contributed by atoms with Crippen molar-refractivity contribution in [3.8, 4) is 0 Å². The lowest BCUT2D eigenvalue weighted by Gasteiger charge is -2.40. The number of nitrogens with zero attached hydrogens (tertiary/aromatic N) is 2. The highest BCUT2D eigenvalue weighted by Crippen LogP contribution is 2.32. The number of hydrogen-bond donors (Lipinski definition) is 2. The number of likely N-dealkylation sites (tertiary alicyclic amines) is 1. The van der Waals surface area contributed by atoms with Crippen LogP contribution in [0.5, 0.6) is 0 Å².